The number of halogens is 1. The van der Waals surface area contributed by atoms with Crippen LogP contribution in [0.3, 0.4) is 0 Å². The largest absolute Gasteiger partial charge is 0.276 e. The molecule has 1 aliphatic rings. The molecule has 0 bridgehead atoms. The number of rotatable bonds is 0. The predicted octanol–water partition coefficient (Wildman–Crippen LogP) is 3.96. The van der Waals surface area contributed by atoms with Crippen LogP contribution >= 0.6 is 11.6 Å². The minimum atomic E-state index is 0.0258. The lowest BCUT2D eigenvalue weighted by Gasteiger charge is -1.98. The van der Waals surface area contributed by atoms with Gasteiger partial charge in [-0.1, -0.05) is 29.8 Å². The summed E-state index contributed by atoms with van der Waals surface area (Å²) in [5.41, 5.74) is 3.52. The Hall–Kier alpha value is -2.06. The van der Waals surface area contributed by atoms with Crippen LogP contribution in [0.4, 0.5) is 0 Å². The maximum atomic E-state index is 12.4. The van der Waals surface area contributed by atoms with Crippen LogP contribution < -0.4 is 0 Å². The maximum absolute atomic E-state index is 12.4. The van der Waals surface area contributed by atoms with Gasteiger partial charge in [-0.3, -0.25) is 9.36 Å². The molecular weight excluding hydrogens is 246 g/mol. The van der Waals surface area contributed by atoms with E-state index in [4.69, 9.17) is 11.6 Å². The van der Waals surface area contributed by atoms with E-state index in [1.165, 1.54) is 0 Å². The van der Waals surface area contributed by atoms with E-state index in [1.54, 1.807) is 16.7 Å². The number of carbonyl (C=O) groups excluding carboxylic acids is 1. The Kier molecular flexibility index (Phi) is 1.78. The number of carbonyl (C=O) groups is 1. The molecule has 0 spiro atoms. The van der Waals surface area contributed by atoms with Gasteiger partial charge in [0.25, 0.3) is 5.91 Å². The second kappa shape index (κ2) is 3.24. The highest BCUT2D eigenvalue weighted by Gasteiger charge is 2.28. The van der Waals surface area contributed by atoms with Crippen molar-refractivity contribution >= 4 is 28.4 Å². The van der Waals surface area contributed by atoms with Crippen molar-refractivity contribution in [3.8, 4) is 11.3 Å². The highest BCUT2D eigenvalue weighted by Crippen LogP contribution is 2.38. The van der Waals surface area contributed by atoms with Gasteiger partial charge >= 0.3 is 0 Å². The fourth-order valence-corrected chi connectivity index (χ4v) is 2.78. The van der Waals surface area contributed by atoms with Gasteiger partial charge in [0.2, 0.25) is 0 Å². The first-order chi connectivity index (χ1) is 8.75. The van der Waals surface area contributed by atoms with E-state index in [0.717, 1.165) is 27.7 Å². The quantitative estimate of drug-likeness (QED) is 0.465. The van der Waals surface area contributed by atoms with Crippen LogP contribution in [-0.4, -0.2) is 10.5 Å². The molecule has 0 amide bonds. The summed E-state index contributed by atoms with van der Waals surface area (Å²) in [5.74, 6) is 0.0258. The number of aromatic nitrogens is 1. The zero-order chi connectivity index (χ0) is 12.3. The lowest BCUT2D eigenvalue weighted by atomic mass is 10.1. The first kappa shape index (κ1) is 9.92. The van der Waals surface area contributed by atoms with E-state index in [1.807, 2.05) is 36.4 Å². The second-order valence-corrected chi connectivity index (χ2v) is 4.86. The number of para-hydroxylation sites is 1. The second-order valence-electron chi connectivity index (χ2n) is 4.42. The zero-order valence-electron chi connectivity index (χ0n) is 9.35. The van der Waals surface area contributed by atoms with Gasteiger partial charge in [-0.05, 0) is 30.3 Å². The van der Waals surface area contributed by atoms with Crippen LogP contribution in [0.15, 0.2) is 48.5 Å². The molecule has 2 nitrogen and oxygen atoms in total. The highest BCUT2D eigenvalue weighted by atomic mass is 35.5. The van der Waals surface area contributed by atoms with Crippen molar-refractivity contribution in [1.82, 2.24) is 4.57 Å². The van der Waals surface area contributed by atoms with Gasteiger partial charge < -0.3 is 0 Å². The predicted molar refractivity (Wildman–Crippen MR) is 72.1 cm³/mol. The third-order valence-electron chi connectivity index (χ3n) is 3.40. The van der Waals surface area contributed by atoms with Gasteiger partial charge in [-0.15, -0.1) is 0 Å². The molecule has 0 saturated heterocycles. The molecule has 18 heavy (non-hydrogen) atoms. The van der Waals surface area contributed by atoms with Gasteiger partial charge in [-0.2, -0.15) is 0 Å². The Balaban J connectivity index is 2.16. The first-order valence-electron chi connectivity index (χ1n) is 5.71. The van der Waals surface area contributed by atoms with Gasteiger partial charge in [0.05, 0.1) is 11.2 Å². The first-order valence-corrected chi connectivity index (χ1v) is 6.08. The molecule has 1 aromatic heterocycles. The van der Waals surface area contributed by atoms with Crippen LogP contribution in [0.25, 0.3) is 22.2 Å². The van der Waals surface area contributed by atoms with Crippen molar-refractivity contribution in [1.29, 1.82) is 0 Å². The van der Waals surface area contributed by atoms with Gasteiger partial charge in [-0.25, -0.2) is 0 Å². The van der Waals surface area contributed by atoms with Crippen LogP contribution in [0.1, 0.15) is 10.4 Å². The summed E-state index contributed by atoms with van der Waals surface area (Å²) in [6.45, 7) is 0. The molecule has 0 aliphatic carbocycles. The van der Waals surface area contributed by atoms with Gasteiger partial charge in [0, 0.05) is 21.5 Å². The topological polar surface area (TPSA) is 22.0 Å². The summed E-state index contributed by atoms with van der Waals surface area (Å²) >= 11 is 6.02. The number of nitrogens with zero attached hydrogens (tertiary/aromatic N) is 1. The standard InChI is InChI=1S/C15H8ClNO/c16-10-5-6-11-12(8-10)14-7-9-3-1-2-4-13(9)17(14)15(11)18/h1-8H. The maximum Gasteiger partial charge on any atom is 0.263 e. The average Bonchev–Trinajstić information content (AvgIpc) is 2.87. The molecular formula is C15H8ClNO. The fraction of sp³-hybridized carbons (Fsp3) is 0. The van der Waals surface area contributed by atoms with Crippen molar-refractivity contribution < 1.29 is 4.79 Å². The molecule has 0 fully saturated rings. The van der Waals surface area contributed by atoms with E-state index >= 15 is 0 Å². The van der Waals surface area contributed by atoms with E-state index in [-0.39, 0.29) is 5.91 Å². The molecule has 0 saturated carbocycles. The molecule has 86 valence electrons. The smallest absolute Gasteiger partial charge is 0.263 e. The molecule has 4 rings (SSSR count). The summed E-state index contributed by atoms with van der Waals surface area (Å²) in [5, 5.41) is 1.73. The normalized spacial score (nSPS) is 12.8. The Morgan fingerprint density at radius 3 is 2.67 bits per heavy atom. The van der Waals surface area contributed by atoms with Gasteiger partial charge in [0.15, 0.2) is 0 Å². The monoisotopic (exact) mass is 253 g/mol. The van der Waals surface area contributed by atoms with Crippen LogP contribution in [-0.2, 0) is 0 Å². The minimum Gasteiger partial charge on any atom is -0.276 e. The summed E-state index contributed by atoms with van der Waals surface area (Å²) in [4.78, 5) is 12.4. The lowest BCUT2D eigenvalue weighted by molar-refractivity contribution is 0.0973. The third-order valence-corrected chi connectivity index (χ3v) is 3.64. The molecule has 3 heteroatoms. The number of hydrogen-bond acceptors (Lipinski definition) is 1. The molecule has 1 aliphatic heterocycles. The van der Waals surface area contributed by atoms with Crippen LogP contribution in [0, 0.1) is 0 Å². The Labute approximate surface area is 108 Å². The van der Waals surface area contributed by atoms with E-state index in [0.29, 0.717) is 5.02 Å². The molecule has 2 aromatic carbocycles. The summed E-state index contributed by atoms with van der Waals surface area (Å²) < 4.78 is 1.76. The Morgan fingerprint density at radius 2 is 1.78 bits per heavy atom. The zero-order valence-corrected chi connectivity index (χ0v) is 10.1. The third kappa shape index (κ3) is 1.11. The molecule has 3 aromatic rings. The molecule has 0 atom stereocenters. The van der Waals surface area contributed by atoms with Gasteiger partial charge in [0.1, 0.15) is 0 Å². The van der Waals surface area contributed by atoms with Crippen molar-refractivity contribution in [2.75, 3.05) is 0 Å². The van der Waals surface area contributed by atoms with E-state index < -0.39 is 0 Å². The highest BCUT2D eigenvalue weighted by molar-refractivity contribution is 6.31. The summed E-state index contributed by atoms with van der Waals surface area (Å²) in [6.07, 6.45) is 0. The average molecular weight is 254 g/mol. The SMILES string of the molecule is O=C1c2ccc(Cl)cc2-c2cc3ccccc3n21. The Bertz CT molecular complexity index is 816. The molecule has 0 radical (unpaired) electrons. The fourth-order valence-electron chi connectivity index (χ4n) is 2.61. The van der Waals surface area contributed by atoms with E-state index in [9.17, 15) is 4.79 Å². The number of fused-ring (bicyclic) bond motifs is 5. The Morgan fingerprint density at radius 1 is 0.944 bits per heavy atom. The van der Waals surface area contributed by atoms with Crippen molar-refractivity contribution in [3.05, 3.63) is 59.1 Å². The molecule has 0 unspecified atom stereocenters. The molecule has 2 heterocycles. The summed E-state index contributed by atoms with van der Waals surface area (Å²) in [6, 6.07) is 15.3. The number of hydrogen-bond donors (Lipinski definition) is 0. The number of benzene rings is 2. The van der Waals surface area contributed by atoms with Crippen LogP contribution in [0.2, 0.25) is 5.02 Å². The van der Waals surface area contributed by atoms with Crippen LogP contribution in [0.5, 0.6) is 0 Å². The lowest BCUT2D eigenvalue weighted by Crippen LogP contribution is -2.05. The van der Waals surface area contributed by atoms with E-state index in [2.05, 4.69) is 0 Å². The van der Waals surface area contributed by atoms with Crippen molar-refractivity contribution in [3.63, 3.8) is 0 Å². The summed E-state index contributed by atoms with van der Waals surface area (Å²) in [7, 11) is 0. The minimum absolute atomic E-state index is 0.0258. The van der Waals surface area contributed by atoms with Crippen molar-refractivity contribution in [2.45, 2.75) is 0 Å². The molecule has 0 N–H and O–H groups in total. The van der Waals surface area contributed by atoms with Crippen molar-refractivity contribution in [2.24, 2.45) is 0 Å².